The number of carbonyl (C=O) groups excluding carboxylic acids is 1. The number of benzene rings is 2. The normalized spacial score (nSPS) is 12.2. The van der Waals surface area contributed by atoms with Gasteiger partial charge in [0.15, 0.2) is 6.10 Å². The van der Waals surface area contributed by atoms with Crippen LogP contribution in [0.2, 0.25) is 0 Å². The van der Waals surface area contributed by atoms with Crippen LogP contribution in [-0.4, -0.2) is 33.2 Å². The van der Waals surface area contributed by atoms with E-state index < -0.39 is 12.1 Å². The van der Waals surface area contributed by atoms with Gasteiger partial charge in [0.2, 0.25) is 0 Å². The number of hydrogen-bond acceptors (Lipinski definition) is 5. The number of carbonyl (C=O) groups is 1. The number of hydrogen-bond donors (Lipinski definition) is 1. The number of fused-ring (bicyclic) bond motifs is 2. The lowest BCUT2D eigenvalue weighted by Gasteiger charge is -2.15. The van der Waals surface area contributed by atoms with Crippen LogP contribution in [0.3, 0.4) is 0 Å². The van der Waals surface area contributed by atoms with E-state index in [0.717, 1.165) is 11.0 Å². The first-order valence-corrected chi connectivity index (χ1v) is 9.46. The molecule has 4 rings (SSSR count). The highest BCUT2D eigenvalue weighted by molar-refractivity contribution is 5.88. The SMILES string of the molecule is CCOC(=O)C(C)Oc1cccc2c(=O)n(Cc3nc4ccccc4[nH]3)ccc12. The Morgan fingerprint density at radius 2 is 1.97 bits per heavy atom. The molecule has 0 saturated heterocycles. The van der Waals surface area contributed by atoms with E-state index >= 15 is 0 Å². The summed E-state index contributed by atoms with van der Waals surface area (Å²) in [5, 5.41) is 1.16. The summed E-state index contributed by atoms with van der Waals surface area (Å²) in [5.74, 6) is 0.731. The number of nitrogens with one attached hydrogen (secondary N) is 1. The topological polar surface area (TPSA) is 86.2 Å². The average molecular weight is 391 g/mol. The van der Waals surface area contributed by atoms with Crippen molar-refractivity contribution in [2.45, 2.75) is 26.5 Å². The van der Waals surface area contributed by atoms with Crippen molar-refractivity contribution in [2.24, 2.45) is 0 Å². The third kappa shape index (κ3) is 3.71. The van der Waals surface area contributed by atoms with E-state index in [1.54, 1.807) is 42.8 Å². The molecule has 1 atom stereocenters. The Hall–Kier alpha value is -3.61. The molecular formula is C22H21N3O4. The molecule has 4 aromatic rings. The smallest absolute Gasteiger partial charge is 0.347 e. The molecule has 7 heteroatoms. The monoisotopic (exact) mass is 391 g/mol. The first-order chi connectivity index (χ1) is 14.1. The van der Waals surface area contributed by atoms with Gasteiger partial charge in [-0.2, -0.15) is 0 Å². The van der Waals surface area contributed by atoms with Gasteiger partial charge in [-0.1, -0.05) is 18.2 Å². The summed E-state index contributed by atoms with van der Waals surface area (Å²) in [6, 6.07) is 14.8. The first-order valence-electron chi connectivity index (χ1n) is 9.46. The Labute approximate surface area is 166 Å². The number of imidazole rings is 1. The van der Waals surface area contributed by atoms with Gasteiger partial charge < -0.3 is 19.0 Å². The minimum atomic E-state index is -0.765. The molecule has 2 aromatic carbocycles. The van der Waals surface area contributed by atoms with Gasteiger partial charge in [0.05, 0.1) is 29.6 Å². The second kappa shape index (κ2) is 7.79. The largest absolute Gasteiger partial charge is 0.478 e. The van der Waals surface area contributed by atoms with Crippen LogP contribution in [0.15, 0.2) is 59.5 Å². The maximum absolute atomic E-state index is 13.0. The fourth-order valence-electron chi connectivity index (χ4n) is 3.26. The van der Waals surface area contributed by atoms with Crippen molar-refractivity contribution in [2.75, 3.05) is 6.61 Å². The number of ether oxygens (including phenoxy) is 2. The molecule has 7 nitrogen and oxygen atoms in total. The van der Waals surface area contributed by atoms with E-state index in [4.69, 9.17) is 9.47 Å². The number of pyridine rings is 1. The standard InChI is InChI=1S/C22H21N3O4/c1-3-28-22(27)14(2)29-19-10-6-7-16-15(19)11-12-25(21(16)26)13-20-23-17-8-4-5-9-18(17)24-20/h4-12,14H,3,13H2,1-2H3,(H,23,24). The van der Waals surface area contributed by atoms with Crippen LogP contribution >= 0.6 is 0 Å². The van der Waals surface area contributed by atoms with Gasteiger partial charge in [0.1, 0.15) is 11.6 Å². The van der Waals surface area contributed by atoms with Gasteiger partial charge in [-0.15, -0.1) is 0 Å². The third-order valence-electron chi connectivity index (χ3n) is 4.66. The molecule has 2 aromatic heterocycles. The van der Waals surface area contributed by atoms with Crippen molar-refractivity contribution in [3.8, 4) is 5.75 Å². The number of H-pyrrole nitrogens is 1. The maximum atomic E-state index is 13.0. The molecule has 0 aliphatic heterocycles. The molecule has 0 radical (unpaired) electrons. The van der Waals surface area contributed by atoms with Crippen molar-refractivity contribution >= 4 is 27.8 Å². The lowest BCUT2D eigenvalue weighted by molar-refractivity contribution is -0.150. The molecule has 1 unspecified atom stereocenters. The molecule has 0 aliphatic carbocycles. The fourth-order valence-corrected chi connectivity index (χ4v) is 3.26. The lowest BCUT2D eigenvalue weighted by Crippen LogP contribution is -2.26. The Balaban J connectivity index is 1.65. The fraction of sp³-hybridized carbons (Fsp3) is 0.227. The predicted octanol–water partition coefficient (Wildman–Crippen LogP) is 3.26. The highest BCUT2D eigenvalue weighted by Gasteiger charge is 2.17. The Bertz CT molecular complexity index is 1210. The minimum absolute atomic E-state index is 0.155. The van der Waals surface area contributed by atoms with E-state index in [-0.39, 0.29) is 12.2 Å². The molecule has 0 aliphatic rings. The van der Waals surface area contributed by atoms with Crippen LogP contribution < -0.4 is 10.3 Å². The van der Waals surface area contributed by atoms with Crippen molar-refractivity contribution in [3.05, 3.63) is 70.9 Å². The van der Waals surface area contributed by atoms with Crippen LogP contribution in [0.4, 0.5) is 0 Å². The van der Waals surface area contributed by atoms with E-state index in [9.17, 15) is 9.59 Å². The summed E-state index contributed by atoms with van der Waals surface area (Å²) in [6.07, 6.45) is 0.943. The van der Waals surface area contributed by atoms with E-state index in [0.29, 0.717) is 28.9 Å². The lowest BCUT2D eigenvalue weighted by atomic mass is 10.1. The highest BCUT2D eigenvalue weighted by atomic mass is 16.6. The van der Waals surface area contributed by atoms with Crippen molar-refractivity contribution in [1.82, 2.24) is 14.5 Å². The quantitative estimate of drug-likeness (QED) is 0.510. The summed E-state index contributed by atoms with van der Waals surface area (Å²) < 4.78 is 12.3. The second-order valence-corrected chi connectivity index (χ2v) is 6.68. The number of aromatic amines is 1. The van der Waals surface area contributed by atoms with Crippen molar-refractivity contribution in [1.29, 1.82) is 0 Å². The zero-order chi connectivity index (χ0) is 20.4. The molecular weight excluding hydrogens is 370 g/mol. The molecule has 2 heterocycles. The van der Waals surface area contributed by atoms with Gasteiger partial charge in [0, 0.05) is 11.6 Å². The number of aromatic nitrogens is 3. The summed E-state index contributed by atoms with van der Waals surface area (Å²) in [4.78, 5) is 32.6. The van der Waals surface area contributed by atoms with Crippen molar-refractivity contribution in [3.63, 3.8) is 0 Å². The summed E-state index contributed by atoms with van der Waals surface area (Å²) in [7, 11) is 0. The average Bonchev–Trinajstić information content (AvgIpc) is 3.13. The molecule has 29 heavy (non-hydrogen) atoms. The third-order valence-corrected chi connectivity index (χ3v) is 4.66. The Morgan fingerprint density at radius 1 is 1.14 bits per heavy atom. The van der Waals surface area contributed by atoms with Gasteiger partial charge in [-0.3, -0.25) is 4.79 Å². The van der Waals surface area contributed by atoms with E-state index in [1.165, 1.54) is 0 Å². The number of esters is 1. The maximum Gasteiger partial charge on any atom is 0.347 e. The molecule has 0 fully saturated rings. The zero-order valence-electron chi connectivity index (χ0n) is 16.2. The first kappa shape index (κ1) is 18.7. The van der Waals surface area contributed by atoms with Gasteiger partial charge >= 0.3 is 5.97 Å². The molecule has 0 amide bonds. The van der Waals surface area contributed by atoms with Gasteiger partial charge in [-0.05, 0) is 44.2 Å². The molecule has 148 valence electrons. The number of nitrogens with zero attached hydrogens (tertiary/aromatic N) is 2. The van der Waals surface area contributed by atoms with E-state index in [2.05, 4.69) is 9.97 Å². The van der Waals surface area contributed by atoms with Crippen LogP contribution in [0.5, 0.6) is 5.75 Å². The number of para-hydroxylation sites is 2. The van der Waals surface area contributed by atoms with Gasteiger partial charge in [0.25, 0.3) is 5.56 Å². The van der Waals surface area contributed by atoms with Gasteiger partial charge in [-0.25, -0.2) is 9.78 Å². The highest BCUT2D eigenvalue weighted by Crippen LogP contribution is 2.24. The zero-order valence-corrected chi connectivity index (χ0v) is 16.2. The van der Waals surface area contributed by atoms with Crippen LogP contribution in [-0.2, 0) is 16.1 Å². The number of rotatable bonds is 6. The Morgan fingerprint density at radius 3 is 2.76 bits per heavy atom. The second-order valence-electron chi connectivity index (χ2n) is 6.68. The van der Waals surface area contributed by atoms with E-state index in [1.807, 2.05) is 30.3 Å². The molecule has 0 saturated carbocycles. The summed E-state index contributed by atoms with van der Waals surface area (Å²) >= 11 is 0. The Kier molecular flexibility index (Phi) is 5.03. The minimum Gasteiger partial charge on any atom is -0.478 e. The predicted molar refractivity (Wildman–Crippen MR) is 110 cm³/mol. The molecule has 0 spiro atoms. The molecule has 0 bridgehead atoms. The summed E-state index contributed by atoms with van der Waals surface area (Å²) in [5.41, 5.74) is 1.64. The van der Waals surface area contributed by atoms with Crippen LogP contribution in [0.1, 0.15) is 19.7 Å². The molecule has 1 N–H and O–H groups in total. The van der Waals surface area contributed by atoms with Crippen molar-refractivity contribution < 1.29 is 14.3 Å². The summed E-state index contributed by atoms with van der Waals surface area (Å²) in [6.45, 7) is 3.98. The van der Waals surface area contributed by atoms with Crippen LogP contribution in [0, 0.1) is 0 Å². The van der Waals surface area contributed by atoms with Crippen LogP contribution in [0.25, 0.3) is 21.8 Å².